The predicted molar refractivity (Wildman–Crippen MR) is 74.7 cm³/mol. The van der Waals surface area contributed by atoms with Gasteiger partial charge in [-0.1, -0.05) is 11.8 Å². The molecule has 0 saturated carbocycles. The Kier molecular flexibility index (Phi) is 5.13. The molecular weight excluding hydrogens is 301 g/mol. The van der Waals surface area contributed by atoms with Crippen molar-refractivity contribution >= 4 is 11.6 Å². The van der Waals surface area contributed by atoms with Crippen LogP contribution in [-0.4, -0.2) is 5.88 Å². The van der Waals surface area contributed by atoms with Crippen LogP contribution < -0.4 is 4.74 Å². The van der Waals surface area contributed by atoms with Crippen molar-refractivity contribution in [2.24, 2.45) is 0 Å². The molecule has 0 aromatic heterocycles. The van der Waals surface area contributed by atoms with Crippen LogP contribution in [0.15, 0.2) is 36.4 Å². The first-order valence-electron chi connectivity index (χ1n) is 6.01. The van der Waals surface area contributed by atoms with E-state index in [-0.39, 0.29) is 23.8 Å². The fourth-order valence-electron chi connectivity index (χ4n) is 1.66. The molecule has 0 amide bonds. The van der Waals surface area contributed by atoms with Gasteiger partial charge in [0.15, 0.2) is 0 Å². The van der Waals surface area contributed by atoms with Crippen LogP contribution in [0, 0.1) is 29.3 Å². The van der Waals surface area contributed by atoms with Crippen LogP contribution in [0.2, 0.25) is 0 Å². The molecule has 0 aliphatic heterocycles. The van der Waals surface area contributed by atoms with Gasteiger partial charge in [0.05, 0.1) is 11.4 Å². The van der Waals surface area contributed by atoms with E-state index in [2.05, 4.69) is 11.8 Å². The van der Waals surface area contributed by atoms with Crippen molar-refractivity contribution in [3.05, 3.63) is 65.0 Å². The fraction of sp³-hybridized carbons (Fsp3) is 0.125. The molecule has 0 radical (unpaired) electrons. The predicted octanol–water partition coefficient (Wildman–Crippen LogP) is 4.27. The van der Waals surface area contributed by atoms with Crippen LogP contribution in [-0.2, 0) is 6.61 Å². The second-order valence-corrected chi connectivity index (χ2v) is 4.37. The zero-order valence-electron chi connectivity index (χ0n) is 10.8. The van der Waals surface area contributed by atoms with Gasteiger partial charge < -0.3 is 4.74 Å². The number of ether oxygens (including phenoxy) is 1. The summed E-state index contributed by atoms with van der Waals surface area (Å²) in [4.78, 5) is 0. The average Bonchev–Trinajstić information content (AvgIpc) is 2.47. The van der Waals surface area contributed by atoms with Gasteiger partial charge in [-0.3, -0.25) is 0 Å². The number of hydrogen-bond donors (Lipinski definition) is 0. The Labute approximate surface area is 125 Å². The Hall–Kier alpha value is -2.12. The maximum atomic E-state index is 13.5. The van der Waals surface area contributed by atoms with Gasteiger partial charge in [0.1, 0.15) is 29.8 Å². The van der Waals surface area contributed by atoms with E-state index < -0.39 is 17.5 Å². The summed E-state index contributed by atoms with van der Waals surface area (Å²) < 4.78 is 45.1. The van der Waals surface area contributed by atoms with Crippen molar-refractivity contribution in [2.75, 3.05) is 5.88 Å². The molecule has 2 aromatic rings. The minimum atomic E-state index is -0.596. The maximum absolute atomic E-state index is 13.5. The highest BCUT2D eigenvalue weighted by Gasteiger charge is 2.08. The fourth-order valence-corrected chi connectivity index (χ4v) is 1.72. The molecule has 0 heterocycles. The third-order valence-corrected chi connectivity index (χ3v) is 2.76. The highest BCUT2D eigenvalue weighted by atomic mass is 35.5. The smallest absolute Gasteiger partial charge is 0.138 e. The monoisotopic (exact) mass is 310 g/mol. The standard InChI is InChI=1S/C16H10ClF3O/c17-7-1-2-11-3-4-14(19)9-16(11)21-10-12-8-13(18)5-6-15(12)20/h3-6,8-9H,7,10H2. The molecule has 0 atom stereocenters. The van der Waals surface area contributed by atoms with Crippen molar-refractivity contribution in [1.29, 1.82) is 0 Å². The molecule has 108 valence electrons. The van der Waals surface area contributed by atoms with E-state index in [4.69, 9.17) is 16.3 Å². The van der Waals surface area contributed by atoms with Crippen LogP contribution in [0.25, 0.3) is 0 Å². The number of hydrogen-bond acceptors (Lipinski definition) is 1. The minimum Gasteiger partial charge on any atom is -0.487 e. The Morgan fingerprint density at radius 1 is 1.00 bits per heavy atom. The van der Waals surface area contributed by atoms with E-state index >= 15 is 0 Å². The minimum absolute atomic E-state index is 0.0375. The average molecular weight is 311 g/mol. The van der Waals surface area contributed by atoms with E-state index in [9.17, 15) is 13.2 Å². The quantitative estimate of drug-likeness (QED) is 0.607. The lowest BCUT2D eigenvalue weighted by Crippen LogP contribution is -2.01. The Bertz CT molecular complexity index is 704. The topological polar surface area (TPSA) is 9.23 Å². The van der Waals surface area contributed by atoms with Crippen molar-refractivity contribution < 1.29 is 17.9 Å². The van der Waals surface area contributed by atoms with Crippen molar-refractivity contribution in [3.8, 4) is 17.6 Å². The molecule has 21 heavy (non-hydrogen) atoms. The van der Waals surface area contributed by atoms with E-state index in [0.717, 1.165) is 24.3 Å². The Morgan fingerprint density at radius 2 is 1.71 bits per heavy atom. The molecule has 2 aromatic carbocycles. The lowest BCUT2D eigenvalue weighted by molar-refractivity contribution is 0.296. The normalized spacial score (nSPS) is 9.90. The van der Waals surface area contributed by atoms with Crippen molar-refractivity contribution in [2.45, 2.75) is 6.61 Å². The van der Waals surface area contributed by atoms with Crippen molar-refractivity contribution in [3.63, 3.8) is 0 Å². The van der Waals surface area contributed by atoms with Crippen molar-refractivity contribution in [1.82, 2.24) is 0 Å². The second kappa shape index (κ2) is 7.05. The number of benzene rings is 2. The maximum Gasteiger partial charge on any atom is 0.138 e. The van der Waals surface area contributed by atoms with Gasteiger partial charge >= 0.3 is 0 Å². The van der Waals surface area contributed by atoms with E-state index in [1.165, 1.54) is 12.1 Å². The molecule has 0 fully saturated rings. The number of alkyl halides is 1. The summed E-state index contributed by atoms with van der Waals surface area (Å²) in [5.74, 6) is 3.92. The van der Waals surface area contributed by atoms with Crippen LogP contribution in [0.3, 0.4) is 0 Å². The summed E-state index contributed by atoms with van der Waals surface area (Å²) in [5, 5.41) is 0. The lowest BCUT2D eigenvalue weighted by atomic mass is 10.2. The first kappa shape index (κ1) is 15.3. The first-order chi connectivity index (χ1) is 10.1. The molecule has 0 spiro atoms. The molecule has 0 saturated heterocycles. The molecule has 2 rings (SSSR count). The van der Waals surface area contributed by atoms with Gasteiger partial charge in [-0.2, -0.15) is 0 Å². The van der Waals surface area contributed by atoms with E-state index in [1.54, 1.807) is 0 Å². The largest absolute Gasteiger partial charge is 0.487 e. The zero-order valence-corrected chi connectivity index (χ0v) is 11.6. The summed E-state index contributed by atoms with van der Waals surface area (Å²) in [6.07, 6.45) is 0. The molecular formula is C16H10ClF3O. The number of halogens is 4. The first-order valence-corrected chi connectivity index (χ1v) is 6.54. The summed E-state index contributed by atoms with van der Waals surface area (Å²) in [6.45, 7) is -0.234. The van der Waals surface area contributed by atoms with Gasteiger partial charge in [0, 0.05) is 11.6 Å². The van der Waals surface area contributed by atoms with Crippen LogP contribution >= 0.6 is 11.6 Å². The van der Waals surface area contributed by atoms with E-state index in [1.807, 2.05) is 0 Å². The third kappa shape index (κ3) is 4.17. The van der Waals surface area contributed by atoms with Gasteiger partial charge in [-0.15, -0.1) is 11.6 Å². The molecule has 0 unspecified atom stereocenters. The molecule has 1 nitrogen and oxygen atoms in total. The zero-order chi connectivity index (χ0) is 15.2. The molecule has 0 N–H and O–H groups in total. The Balaban J connectivity index is 2.23. The molecule has 0 aliphatic carbocycles. The third-order valence-electron chi connectivity index (χ3n) is 2.62. The van der Waals surface area contributed by atoms with Gasteiger partial charge in [0.25, 0.3) is 0 Å². The second-order valence-electron chi connectivity index (χ2n) is 4.10. The van der Waals surface area contributed by atoms with Crippen LogP contribution in [0.4, 0.5) is 13.2 Å². The highest BCUT2D eigenvalue weighted by molar-refractivity contribution is 6.19. The summed E-state index contributed by atoms with van der Waals surface area (Å²) in [7, 11) is 0. The summed E-state index contributed by atoms with van der Waals surface area (Å²) in [6, 6.07) is 6.85. The van der Waals surface area contributed by atoms with Crippen LogP contribution in [0.1, 0.15) is 11.1 Å². The SMILES string of the molecule is Fc1ccc(F)c(COc2cc(F)ccc2C#CCCl)c1. The lowest BCUT2D eigenvalue weighted by Gasteiger charge is -2.09. The summed E-state index contributed by atoms with van der Waals surface area (Å²) >= 11 is 5.47. The van der Waals surface area contributed by atoms with Gasteiger partial charge in [-0.05, 0) is 30.3 Å². The molecule has 0 bridgehead atoms. The highest BCUT2D eigenvalue weighted by Crippen LogP contribution is 2.21. The summed E-state index contributed by atoms with van der Waals surface area (Å²) in [5.41, 5.74) is 0.462. The molecule has 5 heteroatoms. The van der Waals surface area contributed by atoms with E-state index in [0.29, 0.717) is 5.56 Å². The van der Waals surface area contributed by atoms with Gasteiger partial charge in [-0.25, -0.2) is 13.2 Å². The van der Waals surface area contributed by atoms with Crippen LogP contribution in [0.5, 0.6) is 5.75 Å². The van der Waals surface area contributed by atoms with Gasteiger partial charge in [0.2, 0.25) is 0 Å². The Morgan fingerprint density at radius 3 is 2.48 bits per heavy atom. The number of rotatable bonds is 3. The molecule has 0 aliphatic rings.